The van der Waals surface area contributed by atoms with Gasteiger partial charge in [0.1, 0.15) is 18.2 Å². The SMILES string of the molecule is C=CCOC(=O)N1CC(SC(=O)OC(C)(C)C)CC1CNc1cccc(C(=O)NC(CCSC)C(=O)OC)c1. The van der Waals surface area contributed by atoms with E-state index >= 15 is 0 Å². The molecule has 2 amide bonds. The van der Waals surface area contributed by atoms with Crippen LogP contribution in [0.15, 0.2) is 36.9 Å². The molecule has 3 atom stereocenters. The summed E-state index contributed by atoms with van der Waals surface area (Å²) < 4.78 is 15.5. The molecule has 10 nitrogen and oxygen atoms in total. The third kappa shape index (κ3) is 11.0. The van der Waals surface area contributed by atoms with E-state index < -0.39 is 23.7 Å². The van der Waals surface area contributed by atoms with Crippen molar-refractivity contribution in [2.24, 2.45) is 0 Å². The van der Waals surface area contributed by atoms with Crippen molar-refractivity contribution in [2.45, 2.75) is 56.5 Å². The van der Waals surface area contributed by atoms with Crippen molar-refractivity contribution >= 4 is 52.5 Å². The molecule has 12 heteroatoms. The molecule has 2 N–H and O–H groups in total. The number of ether oxygens (including phenoxy) is 3. The Balaban J connectivity index is 2.07. The highest BCUT2D eigenvalue weighted by atomic mass is 32.2. The van der Waals surface area contributed by atoms with Crippen molar-refractivity contribution < 1.29 is 33.4 Å². The maximum absolute atomic E-state index is 12.9. The molecule has 1 aliphatic rings. The summed E-state index contributed by atoms with van der Waals surface area (Å²) in [5, 5.41) is 5.49. The molecule has 0 saturated carbocycles. The second-order valence-corrected chi connectivity index (χ2v) is 12.1. The van der Waals surface area contributed by atoms with E-state index in [0.717, 1.165) is 11.8 Å². The van der Waals surface area contributed by atoms with E-state index in [0.29, 0.717) is 42.9 Å². The van der Waals surface area contributed by atoms with Crippen molar-refractivity contribution in [1.82, 2.24) is 10.2 Å². The van der Waals surface area contributed by atoms with Crippen LogP contribution in [0.2, 0.25) is 0 Å². The Bertz CT molecular complexity index is 1020. The molecule has 3 unspecified atom stereocenters. The van der Waals surface area contributed by atoms with Crippen LogP contribution in [0.1, 0.15) is 44.0 Å². The lowest BCUT2D eigenvalue weighted by atomic mass is 10.1. The van der Waals surface area contributed by atoms with Gasteiger partial charge >= 0.3 is 17.4 Å². The molecule has 216 valence electrons. The van der Waals surface area contributed by atoms with Gasteiger partial charge in [-0.3, -0.25) is 4.79 Å². The molecule has 39 heavy (non-hydrogen) atoms. The van der Waals surface area contributed by atoms with E-state index in [1.54, 1.807) is 55.6 Å². The minimum atomic E-state index is -0.736. The van der Waals surface area contributed by atoms with E-state index in [-0.39, 0.29) is 29.1 Å². The quantitative estimate of drug-likeness (QED) is 0.206. The van der Waals surface area contributed by atoms with Gasteiger partial charge in [-0.05, 0) is 75.6 Å². The molecular weight excluding hydrogens is 542 g/mol. The maximum atomic E-state index is 12.9. The zero-order valence-electron chi connectivity index (χ0n) is 23.2. The predicted molar refractivity (Wildman–Crippen MR) is 155 cm³/mol. The molecule has 0 radical (unpaired) electrons. The summed E-state index contributed by atoms with van der Waals surface area (Å²) in [6, 6.07) is 5.89. The average molecular weight is 582 g/mol. The molecule has 0 bridgehead atoms. The third-order valence-corrected chi connectivity index (χ3v) is 7.25. The van der Waals surface area contributed by atoms with Gasteiger partial charge in [0.25, 0.3) is 5.91 Å². The number of carbonyl (C=O) groups is 4. The van der Waals surface area contributed by atoms with Crippen molar-refractivity contribution in [1.29, 1.82) is 0 Å². The molecule has 0 spiro atoms. The molecule has 1 fully saturated rings. The first kappa shape index (κ1) is 32.4. The fraction of sp³-hybridized carbons (Fsp3) is 0.556. The van der Waals surface area contributed by atoms with E-state index in [1.807, 2.05) is 12.3 Å². The fourth-order valence-corrected chi connectivity index (χ4v) is 5.47. The average Bonchev–Trinajstić information content (AvgIpc) is 3.29. The van der Waals surface area contributed by atoms with Crippen molar-refractivity contribution in [2.75, 3.05) is 44.1 Å². The van der Waals surface area contributed by atoms with E-state index in [1.165, 1.54) is 13.2 Å². The van der Waals surface area contributed by atoms with Crippen LogP contribution in [0.25, 0.3) is 0 Å². The third-order valence-electron chi connectivity index (χ3n) is 5.66. The normalized spacial score (nSPS) is 17.6. The molecule has 2 rings (SSSR count). The lowest BCUT2D eigenvalue weighted by Gasteiger charge is -2.24. The zero-order chi connectivity index (χ0) is 29.0. The van der Waals surface area contributed by atoms with Gasteiger partial charge in [0.15, 0.2) is 0 Å². The van der Waals surface area contributed by atoms with Gasteiger partial charge in [0.05, 0.1) is 13.2 Å². The fourth-order valence-electron chi connectivity index (χ4n) is 3.87. The maximum Gasteiger partial charge on any atom is 0.410 e. The van der Waals surface area contributed by atoms with E-state index in [4.69, 9.17) is 14.2 Å². The highest BCUT2D eigenvalue weighted by Crippen LogP contribution is 2.31. The monoisotopic (exact) mass is 581 g/mol. The predicted octanol–water partition coefficient (Wildman–Crippen LogP) is 4.56. The summed E-state index contributed by atoms with van der Waals surface area (Å²) in [4.78, 5) is 51.6. The smallest absolute Gasteiger partial charge is 0.410 e. The topological polar surface area (TPSA) is 123 Å². The van der Waals surface area contributed by atoms with Gasteiger partial charge in [0.2, 0.25) is 0 Å². The van der Waals surface area contributed by atoms with Crippen LogP contribution in [0.4, 0.5) is 15.3 Å². The van der Waals surface area contributed by atoms with Crippen LogP contribution in [0, 0.1) is 0 Å². The van der Waals surface area contributed by atoms with Crippen LogP contribution in [-0.2, 0) is 19.0 Å². The number of likely N-dealkylation sites (tertiary alicyclic amines) is 1. The number of nitrogens with zero attached hydrogens (tertiary/aromatic N) is 1. The van der Waals surface area contributed by atoms with Gasteiger partial charge in [-0.15, -0.1) is 0 Å². The summed E-state index contributed by atoms with van der Waals surface area (Å²) in [5.41, 5.74) is 0.448. The van der Waals surface area contributed by atoms with Crippen LogP contribution in [0.3, 0.4) is 0 Å². The lowest BCUT2D eigenvalue weighted by molar-refractivity contribution is -0.142. The number of thioether (sulfide) groups is 2. The summed E-state index contributed by atoms with van der Waals surface area (Å²) >= 11 is 2.65. The molecule has 1 aromatic rings. The van der Waals surface area contributed by atoms with Crippen LogP contribution in [0.5, 0.6) is 0 Å². The summed E-state index contributed by atoms with van der Waals surface area (Å²) in [6.07, 6.45) is 3.95. The summed E-state index contributed by atoms with van der Waals surface area (Å²) in [7, 11) is 1.29. The molecule has 1 aromatic carbocycles. The van der Waals surface area contributed by atoms with E-state index in [2.05, 4.69) is 17.2 Å². The molecule has 1 saturated heterocycles. The Hall–Kier alpha value is -2.86. The van der Waals surface area contributed by atoms with Gasteiger partial charge in [-0.25, -0.2) is 14.4 Å². The number of methoxy groups -OCH3 is 1. The highest BCUT2D eigenvalue weighted by Gasteiger charge is 2.38. The van der Waals surface area contributed by atoms with Crippen LogP contribution >= 0.6 is 23.5 Å². The summed E-state index contributed by atoms with van der Waals surface area (Å²) in [6.45, 7) is 9.79. The molecule has 1 heterocycles. The number of hydrogen-bond donors (Lipinski definition) is 2. The first-order valence-corrected chi connectivity index (χ1v) is 14.9. The van der Waals surface area contributed by atoms with Crippen molar-refractivity contribution in [3.8, 4) is 0 Å². The second kappa shape index (κ2) is 15.7. The number of benzene rings is 1. The van der Waals surface area contributed by atoms with Gasteiger partial charge in [0, 0.05) is 29.6 Å². The lowest BCUT2D eigenvalue weighted by Crippen LogP contribution is -2.42. The van der Waals surface area contributed by atoms with Crippen molar-refractivity contribution in [3.05, 3.63) is 42.5 Å². The van der Waals surface area contributed by atoms with E-state index in [9.17, 15) is 19.2 Å². The standard InChI is InChI=1S/C27H39N3O7S2/c1-7-12-36-25(33)30-17-21(39-26(34)37-27(2,3)4)15-20(30)16-28-19-10-8-9-18(14-19)23(31)29-22(11-13-38-6)24(32)35-5/h7-10,14,20-22,28H,1,11-13,15-17H2,2-6H3,(H,29,31). The Labute approximate surface area is 238 Å². The number of rotatable bonds is 12. The number of amides is 2. The number of anilines is 1. The second-order valence-electron chi connectivity index (χ2n) is 9.90. The molecule has 0 aromatic heterocycles. The zero-order valence-corrected chi connectivity index (χ0v) is 24.8. The molecule has 0 aliphatic carbocycles. The Morgan fingerprint density at radius 1 is 1.26 bits per heavy atom. The first-order chi connectivity index (χ1) is 18.5. The largest absolute Gasteiger partial charge is 0.467 e. The Morgan fingerprint density at radius 2 is 2.00 bits per heavy atom. The minimum Gasteiger partial charge on any atom is -0.467 e. The number of esters is 1. The number of nitrogens with one attached hydrogen (secondary N) is 2. The Morgan fingerprint density at radius 3 is 2.64 bits per heavy atom. The number of hydrogen-bond acceptors (Lipinski definition) is 10. The molecule has 1 aliphatic heterocycles. The highest BCUT2D eigenvalue weighted by molar-refractivity contribution is 8.13. The molecular formula is C27H39N3O7S2. The number of carbonyl (C=O) groups excluding carboxylic acids is 4. The summed E-state index contributed by atoms with van der Waals surface area (Å²) in [5.74, 6) is -0.184. The van der Waals surface area contributed by atoms with Crippen molar-refractivity contribution in [3.63, 3.8) is 0 Å². The van der Waals surface area contributed by atoms with Crippen LogP contribution < -0.4 is 10.6 Å². The van der Waals surface area contributed by atoms with Gasteiger partial charge in [-0.1, -0.05) is 18.7 Å². The van der Waals surface area contributed by atoms with Crippen LogP contribution in [-0.4, -0.2) is 89.9 Å². The van der Waals surface area contributed by atoms with Gasteiger partial charge < -0.3 is 29.7 Å². The van der Waals surface area contributed by atoms with Gasteiger partial charge in [-0.2, -0.15) is 11.8 Å². The minimum absolute atomic E-state index is 0.0834. The first-order valence-electron chi connectivity index (χ1n) is 12.6. The Kier molecular flexibility index (Phi) is 13.0.